The summed E-state index contributed by atoms with van der Waals surface area (Å²) < 4.78 is 7.62. The molecule has 2 atom stereocenters. The number of hydrogen-bond donors (Lipinski definition) is 1. The third-order valence-electron chi connectivity index (χ3n) is 4.76. The van der Waals surface area contributed by atoms with Crippen LogP contribution < -0.4 is 10.1 Å². The molecule has 1 aliphatic carbocycles. The van der Waals surface area contributed by atoms with E-state index in [2.05, 4.69) is 60.2 Å². The Balaban J connectivity index is 1.95. The lowest BCUT2D eigenvalue weighted by Gasteiger charge is -2.41. The number of benzene rings is 1. The van der Waals surface area contributed by atoms with Crippen LogP contribution in [-0.4, -0.2) is 12.1 Å². The standard InChI is InChI=1S/C17H24BrNO/c1-4-19-14-10-17(8-7-16(2,3)11-17)20-15-6-5-12(18)9-13(14)15/h5-6,9,14,19H,4,7-8,10-11H2,1-3H3. The molecule has 3 heteroatoms. The molecule has 20 heavy (non-hydrogen) atoms. The molecule has 2 unspecified atom stereocenters. The zero-order valence-corrected chi connectivity index (χ0v) is 14.2. The largest absolute Gasteiger partial charge is 0.487 e. The molecule has 0 aromatic heterocycles. The van der Waals surface area contributed by atoms with Gasteiger partial charge in [-0.15, -0.1) is 0 Å². The van der Waals surface area contributed by atoms with Crippen molar-refractivity contribution in [1.82, 2.24) is 5.32 Å². The summed E-state index contributed by atoms with van der Waals surface area (Å²) in [7, 11) is 0. The van der Waals surface area contributed by atoms with Gasteiger partial charge in [0, 0.05) is 22.5 Å². The van der Waals surface area contributed by atoms with Crippen LogP contribution in [0.25, 0.3) is 0 Å². The third kappa shape index (κ3) is 2.62. The second-order valence-corrected chi connectivity index (χ2v) is 8.04. The van der Waals surface area contributed by atoms with Crippen LogP contribution in [0, 0.1) is 5.41 Å². The van der Waals surface area contributed by atoms with E-state index in [9.17, 15) is 0 Å². The minimum absolute atomic E-state index is 0.0389. The first-order chi connectivity index (χ1) is 9.43. The summed E-state index contributed by atoms with van der Waals surface area (Å²) in [5, 5.41) is 3.65. The lowest BCUT2D eigenvalue weighted by atomic mass is 9.82. The first-order valence-corrected chi connectivity index (χ1v) is 8.44. The van der Waals surface area contributed by atoms with Gasteiger partial charge in [0.2, 0.25) is 0 Å². The van der Waals surface area contributed by atoms with E-state index in [1.165, 1.54) is 18.4 Å². The number of halogens is 1. The number of rotatable bonds is 2. The molecule has 1 saturated carbocycles. The molecule has 1 N–H and O–H groups in total. The summed E-state index contributed by atoms with van der Waals surface area (Å²) in [6.45, 7) is 7.91. The minimum atomic E-state index is 0.0389. The maximum Gasteiger partial charge on any atom is 0.125 e. The summed E-state index contributed by atoms with van der Waals surface area (Å²) >= 11 is 3.58. The highest BCUT2D eigenvalue weighted by Crippen LogP contribution is 2.53. The fourth-order valence-corrected chi connectivity index (χ4v) is 4.33. The summed E-state index contributed by atoms with van der Waals surface area (Å²) in [5.74, 6) is 1.07. The second kappa shape index (κ2) is 5.03. The van der Waals surface area contributed by atoms with Crippen LogP contribution in [0.15, 0.2) is 22.7 Å². The van der Waals surface area contributed by atoms with Crippen molar-refractivity contribution in [3.63, 3.8) is 0 Å². The topological polar surface area (TPSA) is 21.3 Å². The maximum atomic E-state index is 6.49. The molecular formula is C17H24BrNO. The van der Waals surface area contributed by atoms with Crippen LogP contribution in [-0.2, 0) is 0 Å². The maximum absolute atomic E-state index is 6.49. The molecule has 1 aromatic carbocycles. The summed E-state index contributed by atoms with van der Waals surface area (Å²) in [6, 6.07) is 6.82. The van der Waals surface area contributed by atoms with Crippen molar-refractivity contribution in [3.05, 3.63) is 28.2 Å². The Hall–Kier alpha value is -0.540. The molecule has 2 aliphatic rings. The zero-order valence-electron chi connectivity index (χ0n) is 12.6. The average molecular weight is 338 g/mol. The molecule has 2 nitrogen and oxygen atoms in total. The van der Waals surface area contributed by atoms with Crippen molar-refractivity contribution >= 4 is 15.9 Å². The van der Waals surface area contributed by atoms with Gasteiger partial charge in [0.05, 0.1) is 0 Å². The Morgan fingerprint density at radius 2 is 2.15 bits per heavy atom. The monoisotopic (exact) mass is 337 g/mol. The van der Waals surface area contributed by atoms with Gasteiger partial charge in [0.1, 0.15) is 11.4 Å². The normalized spacial score (nSPS) is 31.1. The first kappa shape index (κ1) is 14.4. The lowest BCUT2D eigenvalue weighted by Crippen LogP contribution is -2.42. The minimum Gasteiger partial charge on any atom is -0.487 e. The van der Waals surface area contributed by atoms with Gasteiger partial charge in [-0.1, -0.05) is 36.7 Å². The average Bonchev–Trinajstić information content (AvgIpc) is 2.66. The van der Waals surface area contributed by atoms with Gasteiger partial charge in [0.15, 0.2) is 0 Å². The van der Waals surface area contributed by atoms with Crippen LogP contribution in [0.1, 0.15) is 58.1 Å². The van der Waals surface area contributed by atoms with E-state index in [1.54, 1.807) is 0 Å². The van der Waals surface area contributed by atoms with Crippen LogP contribution in [0.2, 0.25) is 0 Å². The fraction of sp³-hybridized carbons (Fsp3) is 0.647. The van der Waals surface area contributed by atoms with E-state index in [1.807, 2.05) is 0 Å². The van der Waals surface area contributed by atoms with Crippen molar-refractivity contribution in [1.29, 1.82) is 0 Å². The van der Waals surface area contributed by atoms with Gasteiger partial charge in [-0.2, -0.15) is 0 Å². The van der Waals surface area contributed by atoms with Crippen molar-refractivity contribution < 1.29 is 4.74 Å². The summed E-state index contributed by atoms with van der Waals surface area (Å²) in [4.78, 5) is 0. The molecular weight excluding hydrogens is 314 g/mol. The fourth-order valence-electron chi connectivity index (χ4n) is 3.95. The van der Waals surface area contributed by atoms with Crippen molar-refractivity contribution in [2.45, 2.75) is 58.1 Å². The van der Waals surface area contributed by atoms with Gasteiger partial charge in [0.25, 0.3) is 0 Å². The van der Waals surface area contributed by atoms with Crippen LogP contribution in [0.4, 0.5) is 0 Å². The Kier molecular flexibility index (Phi) is 3.62. The van der Waals surface area contributed by atoms with Gasteiger partial charge in [-0.05, 0) is 49.4 Å². The predicted octanol–water partition coefficient (Wildman–Crippen LogP) is 4.83. The van der Waals surface area contributed by atoms with E-state index in [0.29, 0.717) is 11.5 Å². The number of ether oxygens (including phenoxy) is 1. The third-order valence-corrected chi connectivity index (χ3v) is 5.25. The quantitative estimate of drug-likeness (QED) is 0.834. The molecule has 1 spiro atoms. The Morgan fingerprint density at radius 1 is 1.35 bits per heavy atom. The second-order valence-electron chi connectivity index (χ2n) is 7.12. The number of fused-ring (bicyclic) bond motifs is 1. The molecule has 1 fully saturated rings. The van der Waals surface area contributed by atoms with Gasteiger partial charge in [-0.3, -0.25) is 0 Å². The molecule has 1 aliphatic heterocycles. The van der Waals surface area contributed by atoms with E-state index in [-0.39, 0.29) is 5.60 Å². The highest BCUT2D eigenvalue weighted by atomic mass is 79.9. The molecule has 1 heterocycles. The Labute approximate surface area is 130 Å². The van der Waals surface area contributed by atoms with Crippen LogP contribution >= 0.6 is 15.9 Å². The molecule has 0 radical (unpaired) electrons. The van der Waals surface area contributed by atoms with Crippen LogP contribution in [0.3, 0.4) is 0 Å². The van der Waals surface area contributed by atoms with Gasteiger partial charge < -0.3 is 10.1 Å². The van der Waals surface area contributed by atoms with E-state index in [0.717, 1.165) is 29.6 Å². The summed E-state index contributed by atoms with van der Waals surface area (Å²) in [6.07, 6.45) is 4.69. The molecule has 110 valence electrons. The van der Waals surface area contributed by atoms with Crippen molar-refractivity contribution in [2.24, 2.45) is 5.41 Å². The zero-order chi connectivity index (χ0) is 14.4. The Morgan fingerprint density at radius 3 is 2.80 bits per heavy atom. The number of nitrogens with one attached hydrogen (secondary N) is 1. The lowest BCUT2D eigenvalue weighted by molar-refractivity contribution is 0.0279. The van der Waals surface area contributed by atoms with E-state index in [4.69, 9.17) is 4.74 Å². The van der Waals surface area contributed by atoms with Crippen molar-refractivity contribution in [2.75, 3.05) is 6.54 Å². The van der Waals surface area contributed by atoms with E-state index >= 15 is 0 Å². The van der Waals surface area contributed by atoms with Gasteiger partial charge in [-0.25, -0.2) is 0 Å². The SMILES string of the molecule is CCNC1CC2(CCC(C)(C)C2)Oc2ccc(Br)cc21. The first-order valence-electron chi connectivity index (χ1n) is 7.65. The molecule has 0 bridgehead atoms. The number of hydrogen-bond acceptors (Lipinski definition) is 2. The molecule has 0 amide bonds. The Bertz CT molecular complexity index is 514. The highest BCUT2D eigenvalue weighted by molar-refractivity contribution is 9.10. The molecule has 0 saturated heterocycles. The molecule has 1 aromatic rings. The highest BCUT2D eigenvalue weighted by Gasteiger charge is 2.49. The van der Waals surface area contributed by atoms with Crippen molar-refractivity contribution in [3.8, 4) is 5.75 Å². The smallest absolute Gasteiger partial charge is 0.125 e. The summed E-state index contributed by atoms with van der Waals surface area (Å²) in [5.41, 5.74) is 1.75. The molecule has 3 rings (SSSR count). The predicted molar refractivity (Wildman–Crippen MR) is 86.2 cm³/mol. The van der Waals surface area contributed by atoms with Crippen LogP contribution in [0.5, 0.6) is 5.75 Å². The van der Waals surface area contributed by atoms with E-state index < -0.39 is 0 Å². The van der Waals surface area contributed by atoms with Gasteiger partial charge >= 0.3 is 0 Å².